The van der Waals surface area contributed by atoms with Crippen molar-refractivity contribution in [3.8, 4) is 0 Å². The number of carbonyl (C=O) groups is 2. The number of carbonyl (C=O) groups excluding carboxylic acids is 2. The van der Waals surface area contributed by atoms with E-state index < -0.39 is 0 Å². The van der Waals surface area contributed by atoms with E-state index in [1.165, 1.54) is 0 Å². The van der Waals surface area contributed by atoms with Gasteiger partial charge < -0.3 is 10.1 Å². The van der Waals surface area contributed by atoms with Crippen LogP contribution in [-0.4, -0.2) is 18.2 Å². The van der Waals surface area contributed by atoms with Crippen LogP contribution in [0.3, 0.4) is 0 Å². The van der Waals surface area contributed by atoms with E-state index in [1.54, 1.807) is 0 Å². The Balaban J connectivity index is 3.85. The molecule has 3 heteroatoms. The molecule has 15 heavy (non-hydrogen) atoms. The second kappa shape index (κ2) is 7.43. The van der Waals surface area contributed by atoms with Crippen LogP contribution in [0.5, 0.6) is 0 Å². The van der Waals surface area contributed by atoms with Crippen LogP contribution in [0.15, 0.2) is 0 Å². The minimum absolute atomic E-state index is 0.0125. The lowest BCUT2D eigenvalue weighted by atomic mass is 10.0. The van der Waals surface area contributed by atoms with Gasteiger partial charge in [0.15, 0.2) is 0 Å². The molecule has 3 nitrogen and oxygen atoms in total. The van der Waals surface area contributed by atoms with Gasteiger partial charge in [0.25, 0.3) is 0 Å². The highest BCUT2D eigenvalue weighted by atomic mass is 16.2. The highest BCUT2D eigenvalue weighted by Gasteiger charge is 2.12. The summed E-state index contributed by atoms with van der Waals surface area (Å²) in [6.07, 6.45) is 2.93. The van der Waals surface area contributed by atoms with Crippen LogP contribution in [0.2, 0.25) is 0 Å². The van der Waals surface area contributed by atoms with Crippen LogP contribution in [0.4, 0.5) is 0 Å². The molecule has 0 aliphatic carbocycles. The molecule has 0 unspecified atom stereocenters. The molecule has 0 heterocycles. The molecule has 0 aromatic carbocycles. The van der Waals surface area contributed by atoms with E-state index >= 15 is 0 Å². The fourth-order valence-electron chi connectivity index (χ4n) is 1.36. The van der Waals surface area contributed by atoms with Crippen molar-refractivity contribution in [1.29, 1.82) is 0 Å². The van der Waals surface area contributed by atoms with Gasteiger partial charge in [-0.05, 0) is 24.7 Å². The van der Waals surface area contributed by atoms with Crippen molar-refractivity contribution < 1.29 is 9.59 Å². The summed E-state index contributed by atoms with van der Waals surface area (Å²) in [4.78, 5) is 22.1. The van der Waals surface area contributed by atoms with Crippen molar-refractivity contribution in [3.63, 3.8) is 0 Å². The molecule has 1 atom stereocenters. The minimum atomic E-state index is -0.315. The Hall–Kier alpha value is -0.860. The topological polar surface area (TPSA) is 46.2 Å². The molecule has 0 aromatic heterocycles. The van der Waals surface area contributed by atoms with Crippen LogP contribution in [0, 0.1) is 11.8 Å². The minimum Gasteiger partial charge on any atom is -0.347 e. The highest BCUT2D eigenvalue weighted by Crippen LogP contribution is 2.05. The Kier molecular flexibility index (Phi) is 7.01. The second-order valence-corrected chi connectivity index (χ2v) is 4.87. The molecule has 0 bridgehead atoms. The van der Waals surface area contributed by atoms with E-state index in [0.29, 0.717) is 18.3 Å². The van der Waals surface area contributed by atoms with Gasteiger partial charge in [0.05, 0.1) is 6.04 Å². The first kappa shape index (κ1) is 14.1. The quantitative estimate of drug-likeness (QED) is 0.659. The van der Waals surface area contributed by atoms with Gasteiger partial charge in [-0.1, -0.05) is 27.7 Å². The molecule has 0 spiro atoms. The second-order valence-electron chi connectivity index (χ2n) is 4.87. The van der Waals surface area contributed by atoms with E-state index in [1.807, 2.05) is 13.8 Å². The van der Waals surface area contributed by atoms with Gasteiger partial charge in [-0.2, -0.15) is 0 Å². The summed E-state index contributed by atoms with van der Waals surface area (Å²) in [5.41, 5.74) is 0. The first-order valence-corrected chi connectivity index (χ1v) is 5.70. The van der Waals surface area contributed by atoms with Gasteiger partial charge in [-0.3, -0.25) is 4.79 Å². The van der Waals surface area contributed by atoms with Crippen molar-refractivity contribution in [3.05, 3.63) is 0 Å². The maximum atomic E-state index is 11.4. The fraction of sp³-hybridized carbons (Fsp3) is 0.833. The largest absolute Gasteiger partial charge is 0.347 e. The smallest absolute Gasteiger partial charge is 0.220 e. The predicted octanol–water partition coefficient (Wildman–Crippen LogP) is 2.15. The Labute approximate surface area is 92.6 Å². The number of hydrogen-bond donors (Lipinski definition) is 1. The van der Waals surface area contributed by atoms with E-state index in [0.717, 1.165) is 19.1 Å². The summed E-state index contributed by atoms with van der Waals surface area (Å²) in [7, 11) is 0. The van der Waals surface area contributed by atoms with Gasteiger partial charge in [0, 0.05) is 6.42 Å². The number of aldehydes is 1. The number of hydrogen-bond acceptors (Lipinski definition) is 2. The lowest BCUT2D eigenvalue weighted by molar-refractivity contribution is -0.124. The first-order chi connectivity index (χ1) is 6.95. The molecule has 1 N–H and O–H groups in total. The number of nitrogens with one attached hydrogen (secondary N) is 1. The summed E-state index contributed by atoms with van der Waals surface area (Å²) >= 11 is 0. The molecular weight excluding hydrogens is 190 g/mol. The maximum Gasteiger partial charge on any atom is 0.220 e. The monoisotopic (exact) mass is 213 g/mol. The van der Waals surface area contributed by atoms with Gasteiger partial charge in [-0.15, -0.1) is 0 Å². The maximum absolute atomic E-state index is 11.4. The van der Waals surface area contributed by atoms with Gasteiger partial charge in [0.2, 0.25) is 5.91 Å². The van der Waals surface area contributed by atoms with E-state index in [4.69, 9.17) is 0 Å². The normalized spacial score (nSPS) is 12.9. The number of amides is 1. The number of rotatable bonds is 7. The lowest BCUT2D eigenvalue weighted by Gasteiger charge is -2.15. The van der Waals surface area contributed by atoms with Gasteiger partial charge in [0.1, 0.15) is 6.29 Å². The SMILES string of the molecule is CC(C)CCC(=O)N[C@@H](C=O)CC(C)C. The summed E-state index contributed by atoms with van der Waals surface area (Å²) in [6, 6.07) is -0.315. The molecule has 0 radical (unpaired) electrons. The van der Waals surface area contributed by atoms with Crippen LogP contribution in [0.1, 0.15) is 47.0 Å². The van der Waals surface area contributed by atoms with E-state index in [2.05, 4.69) is 19.2 Å². The van der Waals surface area contributed by atoms with Gasteiger partial charge >= 0.3 is 0 Å². The molecular formula is C12H23NO2. The molecule has 88 valence electrons. The Morgan fingerprint density at radius 3 is 2.20 bits per heavy atom. The van der Waals surface area contributed by atoms with Crippen LogP contribution in [-0.2, 0) is 9.59 Å². The molecule has 0 aliphatic rings. The van der Waals surface area contributed by atoms with Crippen LogP contribution < -0.4 is 5.32 Å². The molecule has 0 fully saturated rings. The summed E-state index contributed by atoms with van der Waals surface area (Å²) < 4.78 is 0. The standard InChI is InChI=1S/C12H23NO2/c1-9(2)5-6-12(15)13-11(8-14)7-10(3)4/h8-11H,5-7H2,1-4H3,(H,13,15)/t11-/m1/s1. The zero-order valence-corrected chi connectivity index (χ0v) is 10.2. The molecule has 0 saturated carbocycles. The molecule has 0 aliphatic heterocycles. The van der Waals surface area contributed by atoms with Crippen molar-refractivity contribution in [1.82, 2.24) is 5.32 Å². The zero-order chi connectivity index (χ0) is 11.8. The molecule has 0 rings (SSSR count). The molecule has 0 saturated heterocycles. The van der Waals surface area contributed by atoms with E-state index in [9.17, 15) is 9.59 Å². The predicted molar refractivity (Wildman–Crippen MR) is 61.5 cm³/mol. The summed E-state index contributed by atoms with van der Waals surface area (Å²) in [5, 5.41) is 2.75. The van der Waals surface area contributed by atoms with Crippen LogP contribution >= 0.6 is 0 Å². The Bertz CT molecular complexity index is 200. The summed E-state index contributed by atoms with van der Waals surface area (Å²) in [5.74, 6) is 0.933. The van der Waals surface area contributed by atoms with E-state index in [-0.39, 0.29) is 11.9 Å². The summed E-state index contributed by atoms with van der Waals surface area (Å²) in [6.45, 7) is 8.24. The fourth-order valence-corrected chi connectivity index (χ4v) is 1.36. The zero-order valence-electron chi connectivity index (χ0n) is 10.2. The lowest BCUT2D eigenvalue weighted by Crippen LogP contribution is -2.36. The van der Waals surface area contributed by atoms with Crippen LogP contribution in [0.25, 0.3) is 0 Å². The van der Waals surface area contributed by atoms with Crippen molar-refractivity contribution in [2.24, 2.45) is 11.8 Å². The Morgan fingerprint density at radius 2 is 1.80 bits per heavy atom. The third kappa shape index (κ3) is 8.16. The van der Waals surface area contributed by atoms with Crippen molar-refractivity contribution in [2.45, 2.75) is 53.0 Å². The highest BCUT2D eigenvalue weighted by molar-refractivity contribution is 5.79. The average Bonchev–Trinajstić information content (AvgIpc) is 2.13. The third-order valence-electron chi connectivity index (χ3n) is 2.18. The Morgan fingerprint density at radius 1 is 1.20 bits per heavy atom. The molecule has 0 aromatic rings. The first-order valence-electron chi connectivity index (χ1n) is 5.70. The van der Waals surface area contributed by atoms with Crippen molar-refractivity contribution >= 4 is 12.2 Å². The average molecular weight is 213 g/mol. The van der Waals surface area contributed by atoms with Gasteiger partial charge in [-0.25, -0.2) is 0 Å². The van der Waals surface area contributed by atoms with Crippen molar-refractivity contribution in [2.75, 3.05) is 0 Å². The third-order valence-corrected chi connectivity index (χ3v) is 2.18. The molecule has 1 amide bonds.